The summed E-state index contributed by atoms with van der Waals surface area (Å²) >= 11 is 1.97. The van der Waals surface area contributed by atoms with Crippen LogP contribution in [0.15, 0.2) is 18.3 Å². The van der Waals surface area contributed by atoms with Crippen molar-refractivity contribution in [2.24, 2.45) is 0 Å². The van der Waals surface area contributed by atoms with Crippen LogP contribution in [0.4, 0.5) is 0 Å². The van der Waals surface area contributed by atoms with Crippen LogP contribution in [-0.2, 0) is 4.74 Å². The van der Waals surface area contributed by atoms with E-state index in [-0.39, 0.29) is 11.4 Å². The molecule has 2 fully saturated rings. The molecule has 0 aliphatic carbocycles. The van der Waals surface area contributed by atoms with E-state index in [1.165, 1.54) is 0 Å². The lowest BCUT2D eigenvalue weighted by Gasteiger charge is -2.43. The first kappa shape index (κ1) is 17.5. The summed E-state index contributed by atoms with van der Waals surface area (Å²) in [6.07, 6.45) is 2.69. The monoisotopic (exact) mass is 351 g/mol. The molecule has 6 nitrogen and oxygen atoms in total. The zero-order valence-corrected chi connectivity index (χ0v) is 14.9. The summed E-state index contributed by atoms with van der Waals surface area (Å²) in [5, 5.41) is 3.11. The Kier molecular flexibility index (Phi) is 5.97. The smallest absolute Gasteiger partial charge is 0.252 e. The lowest BCUT2D eigenvalue weighted by Crippen LogP contribution is -2.59. The zero-order chi connectivity index (χ0) is 16.8. The summed E-state index contributed by atoms with van der Waals surface area (Å²) in [5.74, 6) is 2.69. The van der Waals surface area contributed by atoms with Gasteiger partial charge in [-0.2, -0.15) is 11.8 Å². The number of pyridine rings is 1. The van der Waals surface area contributed by atoms with Crippen LogP contribution in [0.1, 0.15) is 23.7 Å². The predicted octanol–water partition coefficient (Wildman–Crippen LogP) is 1.42. The molecule has 0 saturated carbocycles. The molecular weight excluding hydrogens is 326 g/mol. The average molecular weight is 351 g/mol. The van der Waals surface area contributed by atoms with Gasteiger partial charge in [0.2, 0.25) is 5.88 Å². The van der Waals surface area contributed by atoms with Crippen LogP contribution >= 0.6 is 11.8 Å². The van der Waals surface area contributed by atoms with E-state index in [9.17, 15) is 4.79 Å². The van der Waals surface area contributed by atoms with E-state index in [2.05, 4.69) is 15.2 Å². The molecule has 132 valence electrons. The van der Waals surface area contributed by atoms with Crippen LogP contribution in [0, 0.1) is 0 Å². The summed E-state index contributed by atoms with van der Waals surface area (Å²) in [6, 6.07) is 3.50. The van der Waals surface area contributed by atoms with Gasteiger partial charge < -0.3 is 14.8 Å². The van der Waals surface area contributed by atoms with Crippen LogP contribution in [-0.4, -0.2) is 72.3 Å². The van der Waals surface area contributed by atoms with Crippen molar-refractivity contribution in [3.63, 3.8) is 0 Å². The fraction of sp³-hybridized carbons (Fsp3) is 0.647. The van der Waals surface area contributed by atoms with E-state index in [1.54, 1.807) is 18.3 Å². The third-order valence-electron chi connectivity index (χ3n) is 4.63. The van der Waals surface area contributed by atoms with E-state index in [0.717, 1.165) is 44.2 Å². The van der Waals surface area contributed by atoms with Crippen LogP contribution < -0.4 is 10.1 Å². The molecule has 3 heterocycles. The van der Waals surface area contributed by atoms with Crippen molar-refractivity contribution < 1.29 is 14.3 Å². The maximum Gasteiger partial charge on any atom is 0.252 e. The SMILES string of the molecule is CCOc1ccc(C(=O)NCC2(N3CCOCC3)CCSC2)cn1. The normalized spacial score (nSPS) is 24.7. The van der Waals surface area contributed by atoms with E-state index < -0.39 is 0 Å². The number of aromatic nitrogens is 1. The molecule has 1 aromatic rings. The minimum atomic E-state index is -0.0740. The van der Waals surface area contributed by atoms with Crippen LogP contribution in [0.5, 0.6) is 5.88 Å². The van der Waals surface area contributed by atoms with Gasteiger partial charge in [0.25, 0.3) is 5.91 Å². The van der Waals surface area contributed by atoms with Crippen LogP contribution in [0.3, 0.4) is 0 Å². The molecule has 1 N–H and O–H groups in total. The molecule has 2 aliphatic rings. The Bertz CT molecular complexity index is 541. The molecule has 1 aromatic heterocycles. The maximum absolute atomic E-state index is 12.5. The second kappa shape index (κ2) is 8.18. The molecular formula is C17H25N3O3S. The molecule has 3 rings (SSSR count). The van der Waals surface area contributed by atoms with Gasteiger partial charge >= 0.3 is 0 Å². The summed E-state index contributed by atoms with van der Waals surface area (Å²) in [5.41, 5.74) is 0.629. The summed E-state index contributed by atoms with van der Waals surface area (Å²) in [6.45, 7) is 6.60. The third kappa shape index (κ3) is 4.02. The minimum absolute atomic E-state index is 0.0583. The summed E-state index contributed by atoms with van der Waals surface area (Å²) in [7, 11) is 0. The Hall–Kier alpha value is -1.31. The van der Waals surface area contributed by atoms with Gasteiger partial charge in [-0.05, 0) is 25.2 Å². The third-order valence-corrected chi connectivity index (χ3v) is 5.87. The van der Waals surface area contributed by atoms with Crippen molar-refractivity contribution in [1.82, 2.24) is 15.2 Å². The molecule has 2 saturated heterocycles. The van der Waals surface area contributed by atoms with Crippen molar-refractivity contribution in [3.05, 3.63) is 23.9 Å². The first-order valence-corrected chi connectivity index (χ1v) is 9.66. The highest BCUT2D eigenvalue weighted by atomic mass is 32.2. The number of carbonyl (C=O) groups excluding carboxylic acids is 1. The number of carbonyl (C=O) groups is 1. The molecule has 1 atom stereocenters. The van der Waals surface area contributed by atoms with E-state index in [0.29, 0.717) is 24.6 Å². The Balaban J connectivity index is 1.60. The molecule has 0 spiro atoms. The number of hydrogen-bond donors (Lipinski definition) is 1. The fourth-order valence-corrected chi connectivity index (χ4v) is 4.71. The number of morpholine rings is 1. The molecule has 2 aliphatic heterocycles. The van der Waals surface area contributed by atoms with Crippen molar-refractivity contribution >= 4 is 17.7 Å². The number of ether oxygens (including phenoxy) is 2. The van der Waals surface area contributed by atoms with Gasteiger partial charge in [-0.1, -0.05) is 0 Å². The molecule has 0 aromatic carbocycles. The van der Waals surface area contributed by atoms with E-state index >= 15 is 0 Å². The minimum Gasteiger partial charge on any atom is -0.478 e. The van der Waals surface area contributed by atoms with Crippen LogP contribution in [0.2, 0.25) is 0 Å². The summed E-state index contributed by atoms with van der Waals surface area (Å²) < 4.78 is 10.8. The van der Waals surface area contributed by atoms with Crippen molar-refractivity contribution in [2.45, 2.75) is 18.9 Å². The molecule has 24 heavy (non-hydrogen) atoms. The second-order valence-corrected chi connectivity index (χ2v) is 7.23. The van der Waals surface area contributed by atoms with Gasteiger partial charge in [0, 0.05) is 43.2 Å². The maximum atomic E-state index is 12.5. The standard InChI is InChI=1S/C17H25N3O3S/c1-2-23-15-4-3-14(11-18-15)16(21)19-12-17(5-10-24-13-17)20-6-8-22-9-7-20/h3-4,11H,2,5-10,12-13H2,1H3,(H,19,21). The lowest BCUT2D eigenvalue weighted by molar-refractivity contribution is -0.0129. The molecule has 1 amide bonds. The Morgan fingerprint density at radius 2 is 2.29 bits per heavy atom. The molecule has 7 heteroatoms. The number of rotatable bonds is 6. The highest BCUT2D eigenvalue weighted by molar-refractivity contribution is 7.99. The summed E-state index contributed by atoms with van der Waals surface area (Å²) in [4.78, 5) is 19.1. The molecule has 0 bridgehead atoms. The largest absolute Gasteiger partial charge is 0.478 e. The quantitative estimate of drug-likeness (QED) is 0.836. The van der Waals surface area contributed by atoms with Gasteiger partial charge in [0.15, 0.2) is 0 Å². The van der Waals surface area contributed by atoms with Gasteiger partial charge in [-0.3, -0.25) is 9.69 Å². The highest BCUT2D eigenvalue weighted by Crippen LogP contribution is 2.33. The number of hydrogen-bond acceptors (Lipinski definition) is 6. The van der Waals surface area contributed by atoms with E-state index in [1.807, 2.05) is 18.7 Å². The van der Waals surface area contributed by atoms with Gasteiger partial charge in [-0.15, -0.1) is 0 Å². The van der Waals surface area contributed by atoms with Gasteiger partial charge in [-0.25, -0.2) is 4.98 Å². The average Bonchev–Trinajstić information content (AvgIpc) is 3.12. The van der Waals surface area contributed by atoms with Crippen molar-refractivity contribution in [3.8, 4) is 5.88 Å². The first-order chi connectivity index (χ1) is 11.7. The van der Waals surface area contributed by atoms with E-state index in [4.69, 9.17) is 9.47 Å². The van der Waals surface area contributed by atoms with Crippen LogP contribution in [0.25, 0.3) is 0 Å². The topological polar surface area (TPSA) is 63.7 Å². The Labute approximate surface area is 147 Å². The molecule has 0 radical (unpaired) electrons. The second-order valence-electron chi connectivity index (χ2n) is 6.13. The van der Waals surface area contributed by atoms with Gasteiger partial charge in [0.05, 0.1) is 25.4 Å². The lowest BCUT2D eigenvalue weighted by atomic mass is 9.95. The number of nitrogens with zero attached hydrogens (tertiary/aromatic N) is 2. The number of amides is 1. The Morgan fingerprint density at radius 1 is 1.46 bits per heavy atom. The Morgan fingerprint density at radius 3 is 2.92 bits per heavy atom. The zero-order valence-electron chi connectivity index (χ0n) is 14.1. The number of nitrogens with one attached hydrogen (secondary N) is 1. The fourth-order valence-electron chi connectivity index (χ4n) is 3.23. The van der Waals surface area contributed by atoms with Gasteiger partial charge in [0.1, 0.15) is 0 Å². The highest BCUT2D eigenvalue weighted by Gasteiger charge is 2.40. The first-order valence-electron chi connectivity index (χ1n) is 8.51. The van der Waals surface area contributed by atoms with Crippen molar-refractivity contribution in [1.29, 1.82) is 0 Å². The predicted molar refractivity (Wildman–Crippen MR) is 94.8 cm³/mol. The van der Waals surface area contributed by atoms with Crippen molar-refractivity contribution in [2.75, 3.05) is 51.0 Å². The number of thioether (sulfide) groups is 1. The molecule has 1 unspecified atom stereocenters.